The lowest BCUT2D eigenvalue weighted by atomic mass is 9.99. The van der Waals surface area contributed by atoms with Gasteiger partial charge in [-0.15, -0.1) is 0 Å². The van der Waals surface area contributed by atoms with E-state index in [0.717, 1.165) is 27.8 Å². The first kappa shape index (κ1) is 26.1. The zero-order chi connectivity index (χ0) is 25.4. The van der Waals surface area contributed by atoms with Gasteiger partial charge >= 0.3 is 0 Å². The number of carbonyl (C=O) groups excluding carboxylic acids is 2. The largest absolute Gasteiger partial charge is 0.354 e. The fraction of sp³-hybridized carbons (Fsp3) is 0.333. The van der Waals surface area contributed by atoms with Gasteiger partial charge in [0, 0.05) is 19.5 Å². The maximum absolute atomic E-state index is 13.8. The van der Waals surface area contributed by atoms with Gasteiger partial charge in [-0.2, -0.15) is 0 Å². The predicted octanol–water partition coefficient (Wildman–Crippen LogP) is 5.40. The zero-order valence-corrected chi connectivity index (χ0v) is 21.1. The summed E-state index contributed by atoms with van der Waals surface area (Å²) in [6.07, 6.45) is 0.585. The van der Waals surface area contributed by atoms with Gasteiger partial charge in [-0.3, -0.25) is 9.59 Å². The minimum Gasteiger partial charge on any atom is -0.354 e. The number of benzene rings is 3. The first-order chi connectivity index (χ1) is 16.7. The normalized spacial score (nSPS) is 11.8. The zero-order valence-electron chi connectivity index (χ0n) is 21.1. The van der Waals surface area contributed by atoms with E-state index in [1.807, 2.05) is 76.2 Å². The summed E-state index contributed by atoms with van der Waals surface area (Å²) in [4.78, 5) is 28.9. The molecular weight excluding hydrogens is 439 g/mol. The van der Waals surface area contributed by atoms with E-state index in [1.165, 1.54) is 12.1 Å². The molecule has 35 heavy (non-hydrogen) atoms. The van der Waals surface area contributed by atoms with E-state index >= 15 is 0 Å². The SMILES string of the molecule is Cc1ccc(C)c(CC(=O)N(Cc2ccc(F)cc2)[C@H](Cc2ccccc2)C(=O)NCC(C)C)c1. The van der Waals surface area contributed by atoms with Gasteiger partial charge in [0.2, 0.25) is 11.8 Å². The maximum Gasteiger partial charge on any atom is 0.243 e. The molecular formula is C30H35FN2O2. The van der Waals surface area contributed by atoms with Crippen LogP contribution in [0.3, 0.4) is 0 Å². The molecule has 0 unspecified atom stereocenters. The molecule has 3 aromatic rings. The third kappa shape index (κ3) is 7.78. The summed E-state index contributed by atoms with van der Waals surface area (Å²) in [7, 11) is 0. The van der Waals surface area contributed by atoms with Crippen molar-refractivity contribution in [3.8, 4) is 0 Å². The van der Waals surface area contributed by atoms with Crippen molar-refractivity contribution in [2.45, 2.75) is 53.1 Å². The van der Waals surface area contributed by atoms with Crippen molar-refractivity contribution in [3.63, 3.8) is 0 Å². The Morgan fingerprint density at radius 2 is 1.60 bits per heavy atom. The molecule has 0 aliphatic rings. The first-order valence-corrected chi connectivity index (χ1v) is 12.1. The second kappa shape index (κ2) is 12.3. The molecule has 0 saturated heterocycles. The van der Waals surface area contributed by atoms with Gasteiger partial charge in [0.25, 0.3) is 0 Å². The Bertz CT molecular complexity index is 1130. The van der Waals surface area contributed by atoms with Crippen LogP contribution in [0, 0.1) is 25.6 Å². The second-order valence-electron chi connectivity index (χ2n) is 9.60. The Kier molecular flexibility index (Phi) is 9.18. The van der Waals surface area contributed by atoms with Crippen molar-refractivity contribution >= 4 is 11.8 Å². The van der Waals surface area contributed by atoms with Crippen LogP contribution in [0.2, 0.25) is 0 Å². The first-order valence-electron chi connectivity index (χ1n) is 12.1. The molecule has 5 heteroatoms. The molecule has 0 aromatic heterocycles. The summed E-state index contributed by atoms with van der Waals surface area (Å²) in [5.74, 6) is -0.368. The number of amides is 2. The van der Waals surface area contributed by atoms with Crippen LogP contribution in [0.5, 0.6) is 0 Å². The third-order valence-corrected chi connectivity index (χ3v) is 6.07. The van der Waals surface area contributed by atoms with Crippen LogP contribution in [-0.4, -0.2) is 29.3 Å². The molecule has 0 fully saturated rings. The van der Waals surface area contributed by atoms with Gasteiger partial charge < -0.3 is 10.2 Å². The number of rotatable bonds is 10. The molecule has 0 heterocycles. The second-order valence-corrected chi connectivity index (χ2v) is 9.60. The van der Waals surface area contributed by atoms with Gasteiger partial charge in [-0.1, -0.05) is 80.1 Å². The van der Waals surface area contributed by atoms with E-state index in [1.54, 1.807) is 17.0 Å². The number of nitrogens with zero attached hydrogens (tertiary/aromatic N) is 1. The topological polar surface area (TPSA) is 49.4 Å². The van der Waals surface area contributed by atoms with E-state index in [-0.39, 0.29) is 36.5 Å². The lowest BCUT2D eigenvalue weighted by molar-refractivity contribution is -0.140. The molecule has 0 spiro atoms. The van der Waals surface area contributed by atoms with Crippen LogP contribution in [0.1, 0.15) is 41.7 Å². The van der Waals surface area contributed by atoms with Crippen molar-refractivity contribution < 1.29 is 14.0 Å². The number of hydrogen-bond donors (Lipinski definition) is 1. The number of aryl methyl sites for hydroxylation is 2. The van der Waals surface area contributed by atoms with Crippen molar-refractivity contribution in [3.05, 3.63) is 106 Å². The van der Waals surface area contributed by atoms with Crippen molar-refractivity contribution in [2.24, 2.45) is 5.92 Å². The number of hydrogen-bond acceptors (Lipinski definition) is 2. The Morgan fingerprint density at radius 1 is 0.914 bits per heavy atom. The van der Waals surface area contributed by atoms with Crippen molar-refractivity contribution in [2.75, 3.05) is 6.54 Å². The molecule has 0 bridgehead atoms. The Morgan fingerprint density at radius 3 is 2.26 bits per heavy atom. The standard InChI is InChI=1S/C30H35FN2O2/c1-21(2)19-32-30(35)28(17-24-8-6-5-7-9-24)33(20-25-12-14-27(31)15-13-25)29(34)18-26-16-22(3)10-11-23(26)4/h5-16,21,28H,17-20H2,1-4H3,(H,32,35)/t28-/m1/s1. The molecule has 0 aliphatic heterocycles. The molecule has 0 saturated carbocycles. The highest BCUT2D eigenvalue weighted by atomic mass is 19.1. The van der Waals surface area contributed by atoms with E-state index < -0.39 is 6.04 Å². The lowest BCUT2D eigenvalue weighted by Gasteiger charge is -2.32. The van der Waals surface area contributed by atoms with Crippen LogP contribution in [-0.2, 0) is 29.0 Å². The quantitative estimate of drug-likeness (QED) is 0.428. The molecule has 1 N–H and O–H groups in total. The van der Waals surface area contributed by atoms with Crippen LogP contribution in [0.25, 0.3) is 0 Å². The number of nitrogens with one attached hydrogen (secondary N) is 1. The summed E-state index contributed by atoms with van der Waals surface area (Å²) in [6, 6.07) is 21.2. The summed E-state index contributed by atoms with van der Waals surface area (Å²) in [5.41, 5.74) is 4.81. The predicted molar refractivity (Wildman–Crippen MR) is 138 cm³/mol. The van der Waals surface area contributed by atoms with E-state index in [9.17, 15) is 14.0 Å². The minimum atomic E-state index is -0.696. The van der Waals surface area contributed by atoms with Crippen LogP contribution < -0.4 is 5.32 Å². The Hall–Kier alpha value is -3.47. The highest BCUT2D eigenvalue weighted by molar-refractivity contribution is 5.89. The molecule has 3 rings (SSSR count). The van der Waals surface area contributed by atoms with Crippen LogP contribution in [0.15, 0.2) is 72.8 Å². The van der Waals surface area contributed by atoms with Gasteiger partial charge in [0.1, 0.15) is 11.9 Å². The monoisotopic (exact) mass is 474 g/mol. The van der Waals surface area contributed by atoms with E-state index in [0.29, 0.717) is 13.0 Å². The van der Waals surface area contributed by atoms with Gasteiger partial charge in [0.15, 0.2) is 0 Å². The molecule has 0 aliphatic carbocycles. The summed E-state index contributed by atoms with van der Waals surface area (Å²) < 4.78 is 13.6. The molecule has 0 radical (unpaired) electrons. The Balaban J connectivity index is 1.97. The third-order valence-electron chi connectivity index (χ3n) is 6.07. The highest BCUT2D eigenvalue weighted by Gasteiger charge is 2.30. The molecule has 3 aromatic carbocycles. The molecule has 4 nitrogen and oxygen atoms in total. The van der Waals surface area contributed by atoms with E-state index in [4.69, 9.17) is 0 Å². The molecule has 2 amide bonds. The molecule has 184 valence electrons. The van der Waals surface area contributed by atoms with Crippen LogP contribution in [0.4, 0.5) is 4.39 Å². The fourth-order valence-electron chi connectivity index (χ4n) is 4.02. The average molecular weight is 475 g/mol. The molecule has 1 atom stereocenters. The lowest BCUT2D eigenvalue weighted by Crippen LogP contribution is -2.51. The summed E-state index contributed by atoms with van der Waals surface area (Å²) in [5, 5.41) is 3.02. The van der Waals surface area contributed by atoms with Crippen molar-refractivity contribution in [1.29, 1.82) is 0 Å². The number of carbonyl (C=O) groups is 2. The van der Waals surface area contributed by atoms with E-state index in [2.05, 4.69) is 5.32 Å². The smallest absolute Gasteiger partial charge is 0.243 e. The summed E-state index contributed by atoms with van der Waals surface area (Å²) >= 11 is 0. The van der Waals surface area contributed by atoms with Gasteiger partial charge in [0.05, 0.1) is 6.42 Å². The van der Waals surface area contributed by atoms with Gasteiger partial charge in [-0.05, 0) is 54.2 Å². The number of halogens is 1. The average Bonchev–Trinajstić information content (AvgIpc) is 2.83. The summed E-state index contributed by atoms with van der Waals surface area (Å²) in [6.45, 7) is 8.81. The fourth-order valence-corrected chi connectivity index (χ4v) is 4.02. The minimum absolute atomic E-state index is 0.136. The highest BCUT2D eigenvalue weighted by Crippen LogP contribution is 2.19. The van der Waals surface area contributed by atoms with Crippen LogP contribution >= 0.6 is 0 Å². The maximum atomic E-state index is 13.8. The Labute approximate surface area is 208 Å². The van der Waals surface area contributed by atoms with Gasteiger partial charge in [-0.25, -0.2) is 4.39 Å². The van der Waals surface area contributed by atoms with Crippen molar-refractivity contribution in [1.82, 2.24) is 10.2 Å².